The third-order valence-electron chi connectivity index (χ3n) is 3.15. The number of hydrazine groups is 1. The number of hydrogen-bond donors (Lipinski definition) is 1. The zero-order valence-corrected chi connectivity index (χ0v) is 11.0. The molecule has 0 aromatic heterocycles. The minimum absolute atomic E-state index is 0.611. The smallest absolute Gasteiger partial charge is 0.0608 e. The Balaban J connectivity index is 1.95. The van der Waals surface area contributed by atoms with Crippen LogP contribution >= 0.6 is 0 Å². The largest absolute Gasteiger partial charge is 0.379 e. The molecule has 1 unspecified atom stereocenters. The van der Waals surface area contributed by atoms with Gasteiger partial charge in [0, 0.05) is 19.1 Å². The van der Waals surface area contributed by atoms with Gasteiger partial charge in [0.05, 0.1) is 13.2 Å². The summed E-state index contributed by atoms with van der Waals surface area (Å²) in [6.07, 6.45) is 8.18. The van der Waals surface area contributed by atoms with E-state index in [1.807, 2.05) is 0 Å². The van der Waals surface area contributed by atoms with E-state index in [9.17, 15) is 0 Å². The van der Waals surface area contributed by atoms with Gasteiger partial charge in [-0.2, -0.15) is 0 Å². The highest BCUT2D eigenvalue weighted by atomic mass is 16.5. The van der Waals surface area contributed by atoms with Crippen molar-refractivity contribution in [1.29, 1.82) is 0 Å². The highest BCUT2D eigenvalue weighted by molar-refractivity contribution is 4.63. The summed E-state index contributed by atoms with van der Waals surface area (Å²) in [7, 11) is 0. The van der Waals surface area contributed by atoms with Gasteiger partial charge in [0.15, 0.2) is 0 Å². The topological polar surface area (TPSA) is 24.5 Å². The monoisotopic (exact) mass is 228 g/mol. The number of nitrogens with one attached hydrogen (secondary N) is 1. The molecule has 0 aliphatic carbocycles. The predicted molar refractivity (Wildman–Crippen MR) is 68.4 cm³/mol. The maximum Gasteiger partial charge on any atom is 0.0608 e. The average Bonchev–Trinajstić information content (AvgIpc) is 2.30. The molecule has 1 saturated heterocycles. The molecule has 1 fully saturated rings. The van der Waals surface area contributed by atoms with E-state index in [1.165, 1.54) is 38.5 Å². The fourth-order valence-electron chi connectivity index (χ4n) is 2.12. The Morgan fingerprint density at radius 3 is 2.50 bits per heavy atom. The molecular formula is C13H28N2O. The lowest BCUT2D eigenvalue weighted by atomic mass is 10.1. The molecule has 1 heterocycles. The van der Waals surface area contributed by atoms with E-state index in [2.05, 4.69) is 24.3 Å². The second-order valence-electron chi connectivity index (χ2n) is 4.83. The lowest BCUT2D eigenvalue weighted by molar-refractivity contribution is 0.00425. The zero-order valence-electron chi connectivity index (χ0n) is 11.0. The Bertz CT molecular complexity index is 158. The van der Waals surface area contributed by atoms with E-state index >= 15 is 0 Å². The van der Waals surface area contributed by atoms with E-state index in [4.69, 9.17) is 4.74 Å². The first kappa shape index (κ1) is 13.9. The van der Waals surface area contributed by atoms with Gasteiger partial charge in [0.2, 0.25) is 0 Å². The first-order valence-electron chi connectivity index (χ1n) is 6.91. The minimum atomic E-state index is 0.611. The molecule has 0 aromatic rings. The van der Waals surface area contributed by atoms with Gasteiger partial charge < -0.3 is 4.74 Å². The lowest BCUT2D eigenvalue weighted by Gasteiger charge is -2.30. The molecule has 0 radical (unpaired) electrons. The van der Waals surface area contributed by atoms with Crippen molar-refractivity contribution in [3.8, 4) is 0 Å². The normalized spacial score (nSPS) is 19.9. The van der Waals surface area contributed by atoms with Crippen LogP contribution in [-0.4, -0.2) is 37.4 Å². The van der Waals surface area contributed by atoms with Crippen LogP contribution in [0.5, 0.6) is 0 Å². The molecule has 1 aliphatic heterocycles. The number of nitrogens with zero attached hydrogens (tertiary/aromatic N) is 1. The molecule has 96 valence electrons. The standard InChI is InChI=1S/C13H28N2O/c1-3-4-5-6-7-8-13(2)14-15-9-11-16-12-10-15/h13-14H,3-12H2,1-2H3. The molecular weight excluding hydrogens is 200 g/mol. The zero-order chi connectivity index (χ0) is 11.6. The second-order valence-corrected chi connectivity index (χ2v) is 4.83. The molecule has 1 atom stereocenters. The summed E-state index contributed by atoms with van der Waals surface area (Å²) in [5, 5.41) is 2.31. The number of morpholine rings is 1. The number of rotatable bonds is 8. The van der Waals surface area contributed by atoms with Crippen LogP contribution in [0.25, 0.3) is 0 Å². The summed E-state index contributed by atoms with van der Waals surface area (Å²) in [6.45, 7) is 8.35. The molecule has 16 heavy (non-hydrogen) atoms. The highest BCUT2D eigenvalue weighted by Crippen LogP contribution is 2.07. The van der Waals surface area contributed by atoms with Crippen LogP contribution in [0.3, 0.4) is 0 Å². The van der Waals surface area contributed by atoms with Crippen LogP contribution in [0.4, 0.5) is 0 Å². The van der Waals surface area contributed by atoms with Gasteiger partial charge in [-0.25, -0.2) is 5.01 Å². The fraction of sp³-hybridized carbons (Fsp3) is 1.00. The molecule has 0 amide bonds. The lowest BCUT2D eigenvalue weighted by Crippen LogP contribution is -2.49. The summed E-state index contributed by atoms with van der Waals surface area (Å²) in [4.78, 5) is 0. The second kappa shape index (κ2) is 8.97. The fourth-order valence-corrected chi connectivity index (χ4v) is 2.12. The van der Waals surface area contributed by atoms with Crippen molar-refractivity contribution < 1.29 is 4.74 Å². The Labute approximate surface area is 101 Å². The van der Waals surface area contributed by atoms with E-state index in [-0.39, 0.29) is 0 Å². The van der Waals surface area contributed by atoms with Gasteiger partial charge in [-0.3, -0.25) is 5.43 Å². The van der Waals surface area contributed by atoms with Crippen molar-refractivity contribution in [2.24, 2.45) is 0 Å². The summed E-state index contributed by atoms with van der Waals surface area (Å²) in [6, 6.07) is 0.611. The summed E-state index contributed by atoms with van der Waals surface area (Å²) in [5.41, 5.74) is 3.56. The highest BCUT2D eigenvalue weighted by Gasteiger charge is 2.12. The maximum atomic E-state index is 5.33. The third-order valence-corrected chi connectivity index (χ3v) is 3.15. The van der Waals surface area contributed by atoms with Crippen LogP contribution in [-0.2, 0) is 4.74 Å². The first-order chi connectivity index (χ1) is 7.83. The number of unbranched alkanes of at least 4 members (excludes halogenated alkanes) is 4. The molecule has 0 aromatic carbocycles. The average molecular weight is 228 g/mol. The molecule has 1 rings (SSSR count). The van der Waals surface area contributed by atoms with Gasteiger partial charge in [-0.05, 0) is 13.3 Å². The van der Waals surface area contributed by atoms with E-state index in [0.29, 0.717) is 6.04 Å². The van der Waals surface area contributed by atoms with Crippen LogP contribution in [0.15, 0.2) is 0 Å². The molecule has 1 aliphatic rings. The Morgan fingerprint density at radius 2 is 1.81 bits per heavy atom. The van der Waals surface area contributed by atoms with Gasteiger partial charge in [0.1, 0.15) is 0 Å². The summed E-state index contributed by atoms with van der Waals surface area (Å²) < 4.78 is 5.33. The quantitative estimate of drug-likeness (QED) is 0.646. The van der Waals surface area contributed by atoms with Crippen molar-refractivity contribution in [3.05, 3.63) is 0 Å². The third kappa shape index (κ3) is 6.46. The Hall–Kier alpha value is -0.120. The molecule has 0 bridgehead atoms. The van der Waals surface area contributed by atoms with Crippen molar-refractivity contribution in [3.63, 3.8) is 0 Å². The minimum Gasteiger partial charge on any atom is -0.379 e. The van der Waals surface area contributed by atoms with Crippen LogP contribution in [0, 0.1) is 0 Å². The molecule has 3 nitrogen and oxygen atoms in total. The molecule has 0 saturated carbocycles. The molecule has 1 N–H and O–H groups in total. The van der Waals surface area contributed by atoms with E-state index in [0.717, 1.165) is 26.3 Å². The summed E-state index contributed by atoms with van der Waals surface area (Å²) in [5.74, 6) is 0. The van der Waals surface area contributed by atoms with Crippen molar-refractivity contribution in [1.82, 2.24) is 10.4 Å². The molecule has 0 spiro atoms. The van der Waals surface area contributed by atoms with E-state index < -0.39 is 0 Å². The van der Waals surface area contributed by atoms with Crippen LogP contribution in [0.2, 0.25) is 0 Å². The van der Waals surface area contributed by atoms with Gasteiger partial charge in [0.25, 0.3) is 0 Å². The summed E-state index contributed by atoms with van der Waals surface area (Å²) >= 11 is 0. The van der Waals surface area contributed by atoms with Crippen molar-refractivity contribution >= 4 is 0 Å². The SMILES string of the molecule is CCCCCCCC(C)NN1CCOCC1. The maximum absolute atomic E-state index is 5.33. The Morgan fingerprint density at radius 1 is 1.12 bits per heavy atom. The first-order valence-corrected chi connectivity index (χ1v) is 6.91. The predicted octanol–water partition coefficient (Wildman–Crippen LogP) is 2.57. The van der Waals surface area contributed by atoms with Gasteiger partial charge in [-0.1, -0.05) is 39.0 Å². The van der Waals surface area contributed by atoms with Gasteiger partial charge in [-0.15, -0.1) is 0 Å². The van der Waals surface area contributed by atoms with Crippen LogP contribution < -0.4 is 5.43 Å². The Kier molecular flexibility index (Phi) is 7.81. The van der Waals surface area contributed by atoms with Gasteiger partial charge >= 0.3 is 0 Å². The van der Waals surface area contributed by atoms with E-state index in [1.54, 1.807) is 0 Å². The number of ether oxygens (including phenoxy) is 1. The van der Waals surface area contributed by atoms with Crippen molar-refractivity contribution in [2.45, 2.75) is 58.4 Å². The van der Waals surface area contributed by atoms with Crippen LogP contribution in [0.1, 0.15) is 52.4 Å². The van der Waals surface area contributed by atoms with Crippen molar-refractivity contribution in [2.75, 3.05) is 26.3 Å². The molecule has 3 heteroatoms. The number of hydrogen-bond acceptors (Lipinski definition) is 3.